The van der Waals surface area contributed by atoms with Gasteiger partial charge in [0, 0.05) is 9.35 Å². The second-order valence-corrected chi connectivity index (χ2v) is 7.16. The Morgan fingerprint density at radius 1 is 1.37 bits per heavy atom. The van der Waals surface area contributed by atoms with Crippen LogP contribution in [0.2, 0.25) is 9.36 Å². The van der Waals surface area contributed by atoms with Gasteiger partial charge in [-0.15, -0.1) is 11.3 Å². The first-order valence-electron chi connectivity index (χ1n) is 5.97. The van der Waals surface area contributed by atoms with Crippen LogP contribution in [0, 0.1) is 6.92 Å². The molecule has 0 aliphatic heterocycles. The average molecular weight is 379 g/mol. The fourth-order valence-corrected chi connectivity index (χ4v) is 3.87. The predicted octanol–water partition coefficient (Wildman–Crippen LogP) is 5.82. The molecule has 1 aromatic heterocycles. The zero-order valence-corrected chi connectivity index (χ0v) is 14.6. The lowest BCUT2D eigenvalue weighted by Gasteiger charge is -2.18. The smallest absolute Gasteiger partial charge is 0.0961 e. The van der Waals surface area contributed by atoms with E-state index in [1.165, 1.54) is 4.88 Å². The van der Waals surface area contributed by atoms with Gasteiger partial charge in [0.15, 0.2) is 0 Å². The summed E-state index contributed by atoms with van der Waals surface area (Å²) < 4.78 is 1.75. The Morgan fingerprint density at radius 2 is 2.11 bits per heavy atom. The van der Waals surface area contributed by atoms with Crippen molar-refractivity contribution in [3.05, 3.63) is 54.1 Å². The van der Waals surface area contributed by atoms with Gasteiger partial charge in [0.1, 0.15) is 0 Å². The molecule has 2 rings (SSSR count). The van der Waals surface area contributed by atoms with E-state index >= 15 is 0 Å². The van der Waals surface area contributed by atoms with E-state index in [1.807, 2.05) is 25.1 Å². The van der Waals surface area contributed by atoms with E-state index in [1.54, 1.807) is 11.3 Å². The molecule has 2 aromatic rings. The van der Waals surface area contributed by atoms with Crippen LogP contribution in [-0.2, 0) is 0 Å². The lowest BCUT2D eigenvalue weighted by atomic mass is 10.0. The number of thiophene rings is 1. The minimum atomic E-state index is 0.0752. The lowest BCUT2D eigenvalue weighted by Crippen LogP contribution is -2.21. The Kier molecular flexibility index (Phi) is 5.32. The summed E-state index contributed by atoms with van der Waals surface area (Å²) in [5.41, 5.74) is 2.17. The van der Waals surface area contributed by atoms with Gasteiger partial charge >= 0.3 is 0 Å². The van der Waals surface area contributed by atoms with Gasteiger partial charge in [0.25, 0.3) is 0 Å². The Hall–Kier alpha value is -0.0600. The molecule has 1 nitrogen and oxygen atoms in total. The first kappa shape index (κ1) is 15.3. The summed E-state index contributed by atoms with van der Waals surface area (Å²) in [6.07, 6.45) is 0. The van der Waals surface area contributed by atoms with Crippen molar-refractivity contribution in [2.45, 2.75) is 19.9 Å². The molecule has 1 unspecified atom stereocenters. The van der Waals surface area contributed by atoms with Crippen LogP contribution in [-0.4, -0.2) is 6.54 Å². The number of hydrogen-bond donors (Lipinski definition) is 1. The van der Waals surface area contributed by atoms with E-state index in [4.69, 9.17) is 23.2 Å². The molecule has 0 saturated carbocycles. The van der Waals surface area contributed by atoms with Gasteiger partial charge in [0.2, 0.25) is 0 Å². The van der Waals surface area contributed by atoms with E-state index in [9.17, 15) is 0 Å². The van der Waals surface area contributed by atoms with Crippen molar-refractivity contribution >= 4 is 50.5 Å². The highest BCUT2D eigenvalue weighted by atomic mass is 79.9. The second-order valence-electron chi connectivity index (χ2n) is 4.24. The zero-order valence-electron chi connectivity index (χ0n) is 10.6. The quantitative estimate of drug-likeness (QED) is 0.706. The maximum atomic E-state index is 6.40. The van der Waals surface area contributed by atoms with Gasteiger partial charge in [-0.25, -0.2) is 0 Å². The van der Waals surface area contributed by atoms with E-state index in [-0.39, 0.29) is 6.04 Å². The molecule has 1 heterocycles. The average Bonchev–Trinajstić information content (AvgIpc) is 2.70. The maximum absolute atomic E-state index is 6.40. The summed E-state index contributed by atoms with van der Waals surface area (Å²) in [4.78, 5) is 1.18. The van der Waals surface area contributed by atoms with Crippen LogP contribution < -0.4 is 5.32 Å². The molecule has 1 atom stereocenters. The Morgan fingerprint density at radius 3 is 2.68 bits per heavy atom. The Bertz CT molecular complexity index is 563. The van der Waals surface area contributed by atoms with E-state index < -0.39 is 0 Å². The highest BCUT2D eigenvalue weighted by Crippen LogP contribution is 2.38. The molecule has 19 heavy (non-hydrogen) atoms. The number of halogens is 3. The molecular formula is C14H14BrCl2NS. The summed E-state index contributed by atoms with van der Waals surface area (Å²) in [6.45, 7) is 4.97. The van der Waals surface area contributed by atoms with Crippen molar-refractivity contribution in [1.29, 1.82) is 0 Å². The molecule has 0 bridgehead atoms. The lowest BCUT2D eigenvalue weighted by molar-refractivity contribution is 0.639. The Balaban J connectivity index is 2.48. The highest BCUT2D eigenvalue weighted by Gasteiger charge is 2.20. The topological polar surface area (TPSA) is 12.0 Å². The van der Waals surface area contributed by atoms with Gasteiger partial charge < -0.3 is 5.32 Å². The van der Waals surface area contributed by atoms with Crippen LogP contribution in [0.3, 0.4) is 0 Å². The molecule has 0 spiro atoms. The zero-order chi connectivity index (χ0) is 14.0. The third-order valence-corrected chi connectivity index (χ3v) is 5.79. The van der Waals surface area contributed by atoms with Crippen molar-refractivity contribution in [2.75, 3.05) is 6.54 Å². The molecule has 5 heteroatoms. The number of benzene rings is 1. The Labute approximate surface area is 136 Å². The third kappa shape index (κ3) is 3.34. The summed E-state index contributed by atoms with van der Waals surface area (Å²) >= 11 is 17.7. The van der Waals surface area contributed by atoms with Crippen molar-refractivity contribution in [1.82, 2.24) is 5.32 Å². The first-order valence-corrected chi connectivity index (χ1v) is 8.34. The fourth-order valence-electron chi connectivity index (χ4n) is 1.94. The second kappa shape index (κ2) is 6.59. The van der Waals surface area contributed by atoms with Crippen molar-refractivity contribution in [3.8, 4) is 0 Å². The van der Waals surface area contributed by atoms with E-state index in [0.29, 0.717) is 0 Å². The van der Waals surface area contributed by atoms with Crippen molar-refractivity contribution in [3.63, 3.8) is 0 Å². The van der Waals surface area contributed by atoms with Crippen LogP contribution in [0.4, 0.5) is 0 Å². The van der Waals surface area contributed by atoms with Crippen LogP contribution in [0.15, 0.2) is 28.7 Å². The monoisotopic (exact) mass is 377 g/mol. The van der Waals surface area contributed by atoms with Crippen molar-refractivity contribution < 1.29 is 0 Å². The SMILES string of the molecule is CCNC(c1cc(C)c(Cl)s1)c1cccc(Br)c1Cl. The van der Waals surface area contributed by atoms with Crippen LogP contribution in [0.25, 0.3) is 0 Å². The molecule has 0 aliphatic rings. The molecule has 1 aromatic carbocycles. The standard InChI is InChI=1S/C14H14BrCl2NS/c1-3-18-13(11-7-8(2)14(17)19-11)9-5-4-6-10(15)12(9)16/h4-7,13,18H,3H2,1-2H3. The summed E-state index contributed by atoms with van der Waals surface area (Å²) in [7, 11) is 0. The molecule has 0 radical (unpaired) electrons. The minimum absolute atomic E-state index is 0.0752. The predicted molar refractivity (Wildman–Crippen MR) is 88.7 cm³/mol. The summed E-state index contributed by atoms with van der Waals surface area (Å²) in [5, 5.41) is 4.22. The van der Waals surface area contributed by atoms with Gasteiger partial charge in [0.05, 0.1) is 15.4 Å². The van der Waals surface area contributed by atoms with Crippen LogP contribution in [0.5, 0.6) is 0 Å². The van der Waals surface area contributed by atoms with Crippen LogP contribution in [0.1, 0.15) is 29.0 Å². The number of aryl methyl sites for hydroxylation is 1. The molecule has 1 N–H and O–H groups in total. The fraction of sp³-hybridized carbons (Fsp3) is 0.286. The molecule has 102 valence electrons. The van der Waals surface area contributed by atoms with E-state index in [2.05, 4.69) is 34.2 Å². The number of rotatable bonds is 4. The molecule has 0 saturated heterocycles. The van der Waals surface area contributed by atoms with Gasteiger partial charge in [-0.3, -0.25) is 0 Å². The first-order chi connectivity index (χ1) is 9.04. The number of hydrogen-bond acceptors (Lipinski definition) is 2. The summed E-state index contributed by atoms with van der Waals surface area (Å²) in [6, 6.07) is 8.19. The minimum Gasteiger partial charge on any atom is -0.306 e. The van der Waals surface area contributed by atoms with Crippen LogP contribution >= 0.6 is 50.5 Å². The maximum Gasteiger partial charge on any atom is 0.0961 e. The van der Waals surface area contributed by atoms with Gasteiger partial charge in [-0.1, -0.05) is 42.3 Å². The molecule has 0 amide bonds. The third-order valence-electron chi connectivity index (χ3n) is 2.86. The number of nitrogens with one attached hydrogen (secondary N) is 1. The van der Waals surface area contributed by atoms with Gasteiger partial charge in [-0.2, -0.15) is 0 Å². The van der Waals surface area contributed by atoms with Crippen molar-refractivity contribution in [2.24, 2.45) is 0 Å². The molecule has 0 aliphatic carbocycles. The molecule has 0 fully saturated rings. The van der Waals surface area contributed by atoms with Gasteiger partial charge in [-0.05, 0) is 52.7 Å². The summed E-state index contributed by atoms with van der Waals surface area (Å²) in [5.74, 6) is 0. The largest absolute Gasteiger partial charge is 0.306 e. The molecular weight excluding hydrogens is 365 g/mol. The van der Waals surface area contributed by atoms with E-state index in [0.717, 1.165) is 31.5 Å². The normalized spacial score (nSPS) is 12.7. The highest BCUT2D eigenvalue weighted by molar-refractivity contribution is 9.10.